The van der Waals surface area contributed by atoms with Crippen LogP contribution in [0.25, 0.3) is 11.0 Å². The van der Waals surface area contributed by atoms with E-state index < -0.39 is 0 Å². The zero-order chi connectivity index (χ0) is 11.1. The van der Waals surface area contributed by atoms with Crippen molar-refractivity contribution in [2.24, 2.45) is 7.05 Å². The van der Waals surface area contributed by atoms with E-state index >= 15 is 0 Å². The van der Waals surface area contributed by atoms with Crippen LogP contribution in [-0.2, 0) is 7.05 Å². The molecule has 0 spiro atoms. The van der Waals surface area contributed by atoms with Crippen LogP contribution in [0.3, 0.4) is 0 Å². The molecule has 1 fully saturated rings. The predicted octanol–water partition coefficient (Wildman–Crippen LogP) is 2.94. The highest BCUT2D eigenvalue weighted by atomic mass is 79.9. The van der Waals surface area contributed by atoms with Gasteiger partial charge in [-0.15, -0.1) is 0 Å². The van der Waals surface area contributed by atoms with Crippen LogP contribution >= 0.6 is 15.9 Å². The number of rotatable bonds is 1. The number of halogens is 1. The summed E-state index contributed by atoms with van der Waals surface area (Å²) in [6.45, 7) is 2.27. The molecule has 4 heteroatoms. The van der Waals surface area contributed by atoms with Crippen LogP contribution in [-0.4, -0.2) is 22.6 Å². The molecule has 1 saturated heterocycles. The molecule has 3 nitrogen and oxygen atoms in total. The van der Waals surface area contributed by atoms with Gasteiger partial charge in [0, 0.05) is 24.6 Å². The van der Waals surface area contributed by atoms with Crippen LogP contribution in [0.4, 0.5) is 5.95 Å². The van der Waals surface area contributed by atoms with Crippen molar-refractivity contribution in [2.75, 3.05) is 18.0 Å². The number of aromatic nitrogens is 2. The van der Waals surface area contributed by atoms with Gasteiger partial charge in [0.1, 0.15) is 0 Å². The van der Waals surface area contributed by atoms with E-state index in [1.807, 2.05) is 6.07 Å². The van der Waals surface area contributed by atoms with E-state index in [2.05, 4.69) is 44.6 Å². The van der Waals surface area contributed by atoms with Gasteiger partial charge in [0.05, 0.1) is 11.0 Å². The molecule has 0 N–H and O–H groups in total. The second-order valence-electron chi connectivity index (χ2n) is 4.30. The third-order valence-corrected chi connectivity index (χ3v) is 3.70. The molecule has 2 heterocycles. The Balaban J connectivity index is 2.15. The van der Waals surface area contributed by atoms with Crippen molar-refractivity contribution in [1.29, 1.82) is 0 Å². The smallest absolute Gasteiger partial charge is 0.206 e. The normalized spacial score (nSPS) is 16.2. The van der Waals surface area contributed by atoms with E-state index in [4.69, 9.17) is 4.98 Å². The molecule has 0 amide bonds. The highest BCUT2D eigenvalue weighted by molar-refractivity contribution is 9.10. The van der Waals surface area contributed by atoms with Gasteiger partial charge in [-0.3, -0.25) is 0 Å². The monoisotopic (exact) mass is 279 g/mol. The third kappa shape index (κ3) is 1.52. The van der Waals surface area contributed by atoms with Gasteiger partial charge in [0.2, 0.25) is 5.95 Å². The summed E-state index contributed by atoms with van der Waals surface area (Å²) in [5.74, 6) is 1.10. The first kappa shape index (κ1) is 10.1. The first-order valence-electron chi connectivity index (χ1n) is 5.62. The van der Waals surface area contributed by atoms with Crippen molar-refractivity contribution in [3.63, 3.8) is 0 Å². The summed E-state index contributed by atoms with van der Waals surface area (Å²) < 4.78 is 3.29. The van der Waals surface area contributed by atoms with Gasteiger partial charge in [-0.25, -0.2) is 4.98 Å². The van der Waals surface area contributed by atoms with Crippen molar-refractivity contribution in [3.8, 4) is 0 Å². The minimum absolute atomic E-state index is 1.08. The molecule has 0 atom stereocenters. The summed E-state index contributed by atoms with van der Waals surface area (Å²) >= 11 is 3.50. The van der Waals surface area contributed by atoms with E-state index in [-0.39, 0.29) is 0 Å². The number of fused-ring (bicyclic) bond motifs is 1. The number of anilines is 1. The maximum absolute atomic E-state index is 4.70. The molecule has 2 aromatic rings. The molecular formula is C12H14BrN3. The molecule has 0 saturated carbocycles. The van der Waals surface area contributed by atoms with Gasteiger partial charge < -0.3 is 9.47 Å². The van der Waals surface area contributed by atoms with E-state index in [0.717, 1.165) is 29.0 Å². The second kappa shape index (κ2) is 3.77. The maximum atomic E-state index is 4.70. The Morgan fingerprint density at radius 2 is 2.00 bits per heavy atom. The van der Waals surface area contributed by atoms with Gasteiger partial charge in [0.15, 0.2) is 0 Å². The largest absolute Gasteiger partial charge is 0.342 e. The SMILES string of the molecule is Cn1c(N2CCCC2)nc2ccc(Br)cc21. The van der Waals surface area contributed by atoms with Gasteiger partial charge in [-0.2, -0.15) is 0 Å². The van der Waals surface area contributed by atoms with Crippen LogP contribution in [0.1, 0.15) is 12.8 Å². The van der Waals surface area contributed by atoms with Crippen molar-refractivity contribution in [3.05, 3.63) is 22.7 Å². The molecule has 1 aliphatic heterocycles. The lowest BCUT2D eigenvalue weighted by atomic mass is 10.3. The molecule has 84 valence electrons. The lowest BCUT2D eigenvalue weighted by Gasteiger charge is -2.15. The highest BCUT2D eigenvalue weighted by Gasteiger charge is 2.18. The number of hydrogen-bond donors (Lipinski definition) is 0. The Kier molecular flexibility index (Phi) is 2.39. The zero-order valence-corrected chi connectivity index (χ0v) is 10.9. The molecule has 0 radical (unpaired) electrons. The summed E-state index contributed by atoms with van der Waals surface area (Å²) in [4.78, 5) is 7.07. The minimum Gasteiger partial charge on any atom is -0.342 e. The summed E-state index contributed by atoms with van der Waals surface area (Å²) in [5, 5.41) is 0. The van der Waals surface area contributed by atoms with E-state index in [1.165, 1.54) is 18.4 Å². The summed E-state index contributed by atoms with van der Waals surface area (Å²) in [6, 6.07) is 6.24. The molecule has 1 aromatic carbocycles. The fraction of sp³-hybridized carbons (Fsp3) is 0.417. The number of aryl methyl sites for hydroxylation is 1. The fourth-order valence-corrected chi connectivity index (χ4v) is 2.70. The lowest BCUT2D eigenvalue weighted by molar-refractivity contribution is 0.837. The molecule has 0 bridgehead atoms. The van der Waals surface area contributed by atoms with Crippen LogP contribution in [0.15, 0.2) is 22.7 Å². The highest BCUT2D eigenvalue weighted by Crippen LogP contribution is 2.26. The Hall–Kier alpha value is -1.03. The van der Waals surface area contributed by atoms with Crippen molar-refractivity contribution in [2.45, 2.75) is 12.8 Å². The lowest BCUT2D eigenvalue weighted by Crippen LogP contribution is -2.21. The molecular weight excluding hydrogens is 266 g/mol. The van der Waals surface area contributed by atoms with E-state index in [9.17, 15) is 0 Å². The van der Waals surface area contributed by atoms with Crippen LogP contribution in [0.5, 0.6) is 0 Å². The first-order valence-corrected chi connectivity index (χ1v) is 6.42. The van der Waals surface area contributed by atoms with Crippen molar-refractivity contribution in [1.82, 2.24) is 9.55 Å². The van der Waals surface area contributed by atoms with Crippen molar-refractivity contribution >= 4 is 32.9 Å². The summed E-state index contributed by atoms with van der Waals surface area (Å²) in [7, 11) is 2.09. The standard InChI is InChI=1S/C12H14BrN3/c1-15-11-8-9(13)4-5-10(11)14-12(15)16-6-2-3-7-16/h4-5,8H,2-3,6-7H2,1H3. The Labute approximate surface area is 103 Å². The maximum Gasteiger partial charge on any atom is 0.206 e. The zero-order valence-electron chi connectivity index (χ0n) is 9.28. The Bertz CT molecular complexity index is 526. The van der Waals surface area contributed by atoms with Crippen LogP contribution < -0.4 is 4.90 Å². The molecule has 0 unspecified atom stereocenters. The number of benzene rings is 1. The van der Waals surface area contributed by atoms with Gasteiger partial charge in [-0.1, -0.05) is 15.9 Å². The van der Waals surface area contributed by atoms with Gasteiger partial charge in [-0.05, 0) is 31.0 Å². The first-order chi connectivity index (χ1) is 7.75. The number of nitrogens with zero attached hydrogens (tertiary/aromatic N) is 3. The van der Waals surface area contributed by atoms with Gasteiger partial charge in [0.25, 0.3) is 0 Å². The number of hydrogen-bond acceptors (Lipinski definition) is 2. The van der Waals surface area contributed by atoms with Crippen LogP contribution in [0, 0.1) is 0 Å². The molecule has 0 aliphatic carbocycles. The Morgan fingerprint density at radius 3 is 2.75 bits per heavy atom. The topological polar surface area (TPSA) is 21.1 Å². The van der Waals surface area contributed by atoms with Gasteiger partial charge >= 0.3 is 0 Å². The Morgan fingerprint density at radius 1 is 1.25 bits per heavy atom. The average molecular weight is 280 g/mol. The van der Waals surface area contributed by atoms with Crippen molar-refractivity contribution < 1.29 is 0 Å². The quantitative estimate of drug-likeness (QED) is 0.800. The number of imidazole rings is 1. The minimum atomic E-state index is 1.08. The summed E-state index contributed by atoms with van der Waals surface area (Å²) in [6.07, 6.45) is 2.57. The van der Waals surface area contributed by atoms with Crippen LogP contribution in [0.2, 0.25) is 0 Å². The van der Waals surface area contributed by atoms with E-state index in [0.29, 0.717) is 0 Å². The molecule has 3 rings (SSSR count). The second-order valence-corrected chi connectivity index (χ2v) is 5.21. The average Bonchev–Trinajstić information content (AvgIpc) is 2.87. The molecule has 1 aliphatic rings. The summed E-state index contributed by atoms with van der Waals surface area (Å²) in [5.41, 5.74) is 2.27. The fourth-order valence-electron chi connectivity index (χ4n) is 2.35. The predicted molar refractivity (Wildman–Crippen MR) is 69.9 cm³/mol. The molecule has 1 aromatic heterocycles. The van der Waals surface area contributed by atoms with E-state index in [1.54, 1.807) is 0 Å². The molecule has 16 heavy (non-hydrogen) atoms. The third-order valence-electron chi connectivity index (χ3n) is 3.21.